The molecule has 2 aromatic rings. The Morgan fingerprint density at radius 1 is 1.41 bits per heavy atom. The maximum Gasteiger partial charge on any atom is 0.133 e. The molecule has 0 bridgehead atoms. The molecule has 1 aliphatic carbocycles. The van der Waals surface area contributed by atoms with Gasteiger partial charge in [0.05, 0.1) is 22.3 Å². The highest BCUT2D eigenvalue weighted by atomic mass is 79.9. The van der Waals surface area contributed by atoms with Gasteiger partial charge in [0.2, 0.25) is 0 Å². The molecular formula is C13H12BrNOS. The number of benzene rings is 1. The Hall–Kier alpha value is -0.870. The second kappa shape index (κ2) is 4.42. The van der Waals surface area contributed by atoms with Crippen LogP contribution in [-0.4, -0.2) is 12.1 Å². The molecule has 0 atom stereocenters. The van der Waals surface area contributed by atoms with E-state index in [0.29, 0.717) is 0 Å². The molecule has 0 radical (unpaired) electrons. The fourth-order valence-corrected chi connectivity index (χ4v) is 3.30. The number of halogens is 1. The minimum Gasteiger partial charge on any atom is -0.496 e. The number of aromatic nitrogens is 1. The van der Waals surface area contributed by atoms with Crippen molar-refractivity contribution in [1.82, 2.24) is 4.98 Å². The van der Waals surface area contributed by atoms with Gasteiger partial charge in [-0.15, -0.1) is 11.3 Å². The van der Waals surface area contributed by atoms with Crippen molar-refractivity contribution in [2.24, 2.45) is 0 Å². The zero-order valence-electron chi connectivity index (χ0n) is 9.44. The third-order valence-corrected chi connectivity index (χ3v) is 4.52. The van der Waals surface area contributed by atoms with Crippen LogP contribution in [0.4, 0.5) is 0 Å². The van der Waals surface area contributed by atoms with Gasteiger partial charge in [0.1, 0.15) is 5.75 Å². The summed E-state index contributed by atoms with van der Waals surface area (Å²) in [6, 6.07) is 6.08. The molecule has 88 valence electrons. The minimum absolute atomic E-state index is 0.732. The number of hydrogen-bond donors (Lipinski definition) is 0. The molecule has 3 rings (SSSR count). The Balaban J connectivity index is 1.93. The van der Waals surface area contributed by atoms with Crippen LogP contribution >= 0.6 is 27.3 Å². The van der Waals surface area contributed by atoms with Crippen LogP contribution in [0.2, 0.25) is 0 Å². The molecule has 2 nitrogen and oxygen atoms in total. The quantitative estimate of drug-likeness (QED) is 0.835. The summed E-state index contributed by atoms with van der Waals surface area (Å²) in [6.45, 7) is 0. The molecular weight excluding hydrogens is 298 g/mol. The van der Waals surface area contributed by atoms with E-state index in [1.807, 2.05) is 6.07 Å². The molecule has 0 spiro atoms. The molecule has 1 aromatic heterocycles. The smallest absolute Gasteiger partial charge is 0.133 e. The number of methoxy groups -OCH3 is 1. The standard InChI is InChI=1S/C13H12BrNOS/c1-16-12-5-4-9(6-10(12)14)11-7-17-13(15-11)8-2-3-8/h4-8H,2-3H2,1H3. The van der Waals surface area contributed by atoms with Gasteiger partial charge < -0.3 is 4.74 Å². The Labute approximate surface area is 113 Å². The van der Waals surface area contributed by atoms with Crippen LogP contribution in [0.3, 0.4) is 0 Å². The van der Waals surface area contributed by atoms with E-state index in [1.54, 1.807) is 18.4 Å². The van der Waals surface area contributed by atoms with Crippen molar-refractivity contribution in [3.63, 3.8) is 0 Å². The lowest BCUT2D eigenvalue weighted by molar-refractivity contribution is 0.412. The number of nitrogens with zero attached hydrogens (tertiary/aromatic N) is 1. The number of thiazole rings is 1. The predicted molar refractivity (Wildman–Crippen MR) is 73.8 cm³/mol. The maximum atomic E-state index is 5.22. The summed E-state index contributed by atoms with van der Waals surface area (Å²) in [4.78, 5) is 4.70. The molecule has 1 heterocycles. The van der Waals surface area contributed by atoms with Gasteiger partial charge in [0.25, 0.3) is 0 Å². The van der Waals surface area contributed by atoms with Crippen LogP contribution in [0.1, 0.15) is 23.8 Å². The summed E-state index contributed by atoms with van der Waals surface area (Å²) < 4.78 is 6.20. The van der Waals surface area contributed by atoms with Crippen LogP contribution in [0.5, 0.6) is 5.75 Å². The normalized spacial score (nSPS) is 14.9. The first-order valence-corrected chi connectivity index (χ1v) is 7.24. The summed E-state index contributed by atoms with van der Waals surface area (Å²) in [5, 5.41) is 3.42. The minimum atomic E-state index is 0.732. The van der Waals surface area contributed by atoms with Crippen molar-refractivity contribution < 1.29 is 4.74 Å². The summed E-state index contributed by atoms with van der Waals surface area (Å²) in [5.41, 5.74) is 2.21. The van der Waals surface area contributed by atoms with Gasteiger partial charge >= 0.3 is 0 Å². The van der Waals surface area contributed by atoms with Gasteiger partial charge in [-0.2, -0.15) is 0 Å². The average Bonchev–Trinajstić information content (AvgIpc) is 3.07. The zero-order chi connectivity index (χ0) is 11.8. The first-order chi connectivity index (χ1) is 8.28. The van der Waals surface area contributed by atoms with Crippen molar-refractivity contribution in [2.75, 3.05) is 7.11 Å². The van der Waals surface area contributed by atoms with Crippen molar-refractivity contribution >= 4 is 27.3 Å². The zero-order valence-corrected chi connectivity index (χ0v) is 11.8. The van der Waals surface area contributed by atoms with Crippen LogP contribution < -0.4 is 4.74 Å². The first kappa shape index (κ1) is 11.2. The van der Waals surface area contributed by atoms with Gasteiger partial charge in [0, 0.05) is 16.9 Å². The van der Waals surface area contributed by atoms with E-state index >= 15 is 0 Å². The van der Waals surface area contributed by atoms with Gasteiger partial charge in [0.15, 0.2) is 0 Å². The predicted octanol–water partition coefficient (Wildman–Crippen LogP) is 4.46. The summed E-state index contributed by atoms with van der Waals surface area (Å²) in [5.74, 6) is 1.59. The van der Waals surface area contributed by atoms with Gasteiger partial charge in [-0.3, -0.25) is 0 Å². The molecule has 4 heteroatoms. The number of hydrogen-bond acceptors (Lipinski definition) is 3. The molecule has 0 N–H and O–H groups in total. The Kier molecular flexibility index (Phi) is 2.92. The van der Waals surface area contributed by atoms with E-state index in [9.17, 15) is 0 Å². The number of ether oxygens (including phenoxy) is 1. The average molecular weight is 310 g/mol. The van der Waals surface area contributed by atoms with Gasteiger partial charge in [-0.1, -0.05) is 0 Å². The lowest BCUT2D eigenvalue weighted by Crippen LogP contribution is -1.86. The van der Waals surface area contributed by atoms with E-state index < -0.39 is 0 Å². The molecule has 1 aliphatic rings. The van der Waals surface area contributed by atoms with Gasteiger partial charge in [-0.25, -0.2) is 4.98 Å². The second-order valence-electron chi connectivity index (χ2n) is 4.19. The second-order valence-corrected chi connectivity index (χ2v) is 5.94. The lowest BCUT2D eigenvalue weighted by atomic mass is 10.2. The summed E-state index contributed by atoms with van der Waals surface area (Å²) >= 11 is 5.28. The van der Waals surface area contributed by atoms with Crippen LogP contribution in [0.15, 0.2) is 28.1 Å². The Morgan fingerprint density at radius 2 is 2.24 bits per heavy atom. The molecule has 1 aromatic carbocycles. The summed E-state index contributed by atoms with van der Waals surface area (Å²) in [7, 11) is 1.67. The van der Waals surface area contributed by atoms with Crippen LogP contribution in [-0.2, 0) is 0 Å². The van der Waals surface area contributed by atoms with Crippen LogP contribution in [0, 0.1) is 0 Å². The fourth-order valence-electron chi connectivity index (χ4n) is 1.76. The molecule has 1 fully saturated rings. The van der Waals surface area contributed by atoms with Crippen molar-refractivity contribution in [3.05, 3.63) is 33.1 Å². The largest absolute Gasteiger partial charge is 0.496 e. The van der Waals surface area contributed by atoms with Gasteiger partial charge in [-0.05, 0) is 47.0 Å². The molecule has 0 saturated heterocycles. The molecule has 17 heavy (non-hydrogen) atoms. The SMILES string of the molecule is COc1ccc(-c2csc(C3CC3)n2)cc1Br. The van der Waals surface area contributed by atoms with E-state index in [2.05, 4.69) is 33.4 Å². The van der Waals surface area contributed by atoms with Crippen molar-refractivity contribution in [1.29, 1.82) is 0 Å². The highest BCUT2D eigenvalue weighted by Crippen LogP contribution is 2.42. The molecule has 1 saturated carbocycles. The summed E-state index contributed by atoms with van der Waals surface area (Å²) in [6.07, 6.45) is 2.61. The fraction of sp³-hybridized carbons (Fsp3) is 0.308. The van der Waals surface area contributed by atoms with Crippen LogP contribution in [0.25, 0.3) is 11.3 Å². The molecule has 0 amide bonds. The lowest BCUT2D eigenvalue weighted by Gasteiger charge is -2.04. The van der Waals surface area contributed by atoms with E-state index in [0.717, 1.165) is 27.4 Å². The van der Waals surface area contributed by atoms with Crippen molar-refractivity contribution in [3.8, 4) is 17.0 Å². The van der Waals surface area contributed by atoms with E-state index in [1.165, 1.54) is 17.8 Å². The van der Waals surface area contributed by atoms with E-state index in [-0.39, 0.29) is 0 Å². The maximum absolute atomic E-state index is 5.22. The topological polar surface area (TPSA) is 22.1 Å². The third-order valence-electron chi connectivity index (χ3n) is 2.90. The Bertz CT molecular complexity index is 548. The molecule has 0 aliphatic heterocycles. The monoisotopic (exact) mass is 309 g/mol. The Morgan fingerprint density at radius 3 is 2.88 bits per heavy atom. The van der Waals surface area contributed by atoms with E-state index in [4.69, 9.17) is 9.72 Å². The highest BCUT2D eigenvalue weighted by Gasteiger charge is 2.26. The van der Waals surface area contributed by atoms with Crippen molar-refractivity contribution in [2.45, 2.75) is 18.8 Å². The first-order valence-electron chi connectivity index (χ1n) is 5.57. The molecule has 0 unspecified atom stereocenters. The number of rotatable bonds is 3. The highest BCUT2D eigenvalue weighted by molar-refractivity contribution is 9.10. The third kappa shape index (κ3) is 2.24.